The van der Waals surface area contributed by atoms with Crippen LogP contribution < -0.4 is 10.6 Å². The number of amides is 2. The number of carbonyl (C=O) groups is 2. The first-order valence-electron chi connectivity index (χ1n) is 5.97. The average Bonchev–Trinajstić information content (AvgIpc) is 2.38. The van der Waals surface area contributed by atoms with Crippen LogP contribution in [0.15, 0.2) is 24.3 Å². The Morgan fingerprint density at radius 3 is 2.37 bits per heavy atom. The summed E-state index contributed by atoms with van der Waals surface area (Å²) in [5.74, 6) is -1.44. The molecule has 0 aliphatic heterocycles. The molecule has 2 amide bonds. The molecule has 0 radical (unpaired) electrons. The van der Waals surface area contributed by atoms with Crippen LogP contribution in [0, 0.1) is 0 Å². The first kappa shape index (κ1) is 15.5. The van der Waals surface area contributed by atoms with Gasteiger partial charge in [0.2, 0.25) is 0 Å². The maximum absolute atomic E-state index is 11.4. The molecule has 1 aromatic rings. The van der Waals surface area contributed by atoms with Gasteiger partial charge in [0.05, 0.1) is 6.10 Å². The molecule has 0 unspecified atom stereocenters. The lowest BCUT2D eigenvalue weighted by molar-refractivity contribution is -0.139. The molecule has 1 rings (SSSR count). The predicted molar refractivity (Wildman–Crippen MR) is 72.9 cm³/mol. The molecule has 3 N–H and O–H groups in total. The van der Waals surface area contributed by atoms with Crippen LogP contribution in [-0.2, 0) is 16.0 Å². The number of hydrogen-bond donors (Lipinski definition) is 3. The summed E-state index contributed by atoms with van der Waals surface area (Å²) < 4.78 is 0. The summed E-state index contributed by atoms with van der Waals surface area (Å²) in [5.41, 5.74) is 1.02. The first-order chi connectivity index (χ1) is 8.99. The summed E-state index contributed by atoms with van der Waals surface area (Å²) in [6.07, 6.45) is -0.0575. The standard InChI is InChI=1S/C13H17ClN2O3/c1-9(17)8-16-13(19)12(18)15-7-6-10-2-4-11(14)5-3-10/h2-5,9,17H,6-8H2,1H3,(H,15,18)(H,16,19)/t9-/m1/s1. The van der Waals surface area contributed by atoms with Gasteiger partial charge in [-0.05, 0) is 31.0 Å². The molecule has 0 spiro atoms. The second-order valence-electron chi connectivity index (χ2n) is 4.19. The molecule has 0 saturated heterocycles. The quantitative estimate of drug-likeness (QED) is 0.689. The monoisotopic (exact) mass is 284 g/mol. The van der Waals surface area contributed by atoms with Crippen molar-refractivity contribution in [3.8, 4) is 0 Å². The third-order valence-corrected chi connectivity index (χ3v) is 2.63. The number of carbonyl (C=O) groups excluding carboxylic acids is 2. The van der Waals surface area contributed by atoms with E-state index in [1.807, 2.05) is 12.1 Å². The van der Waals surface area contributed by atoms with Gasteiger partial charge in [0.25, 0.3) is 0 Å². The Balaban J connectivity index is 2.26. The smallest absolute Gasteiger partial charge is 0.309 e. The van der Waals surface area contributed by atoms with Crippen molar-refractivity contribution >= 4 is 23.4 Å². The van der Waals surface area contributed by atoms with E-state index in [1.165, 1.54) is 6.92 Å². The van der Waals surface area contributed by atoms with E-state index in [0.717, 1.165) is 5.56 Å². The van der Waals surface area contributed by atoms with Crippen molar-refractivity contribution in [2.24, 2.45) is 0 Å². The fraction of sp³-hybridized carbons (Fsp3) is 0.385. The number of hydrogen-bond acceptors (Lipinski definition) is 3. The van der Waals surface area contributed by atoms with Crippen LogP contribution in [0.3, 0.4) is 0 Å². The highest BCUT2D eigenvalue weighted by Crippen LogP contribution is 2.09. The highest BCUT2D eigenvalue weighted by molar-refractivity contribution is 6.35. The lowest BCUT2D eigenvalue weighted by Gasteiger charge is -2.07. The maximum Gasteiger partial charge on any atom is 0.309 e. The third-order valence-electron chi connectivity index (χ3n) is 2.38. The Hall–Kier alpha value is -1.59. The van der Waals surface area contributed by atoms with Crippen LogP contribution in [0.4, 0.5) is 0 Å². The molecule has 5 nitrogen and oxygen atoms in total. The summed E-state index contributed by atoms with van der Waals surface area (Å²) in [5, 5.41) is 14.5. The lowest BCUT2D eigenvalue weighted by Crippen LogP contribution is -2.42. The van der Waals surface area contributed by atoms with Crippen LogP contribution in [0.5, 0.6) is 0 Å². The van der Waals surface area contributed by atoms with Gasteiger partial charge >= 0.3 is 11.8 Å². The zero-order valence-corrected chi connectivity index (χ0v) is 11.4. The van der Waals surface area contributed by atoms with E-state index in [-0.39, 0.29) is 6.54 Å². The maximum atomic E-state index is 11.4. The van der Waals surface area contributed by atoms with Gasteiger partial charge < -0.3 is 15.7 Å². The first-order valence-corrected chi connectivity index (χ1v) is 6.35. The van der Waals surface area contributed by atoms with E-state index in [4.69, 9.17) is 16.7 Å². The minimum atomic E-state index is -0.739. The molecular formula is C13H17ClN2O3. The van der Waals surface area contributed by atoms with Crippen molar-refractivity contribution in [3.05, 3.63) is 34.9 Å². The zero-order chi connectivity index (χ0) is 14.3. The van der Waals surface area contributed by atoms with Gasteiger partial charge in [-0.25, -0.2) is 0 Å². The lowest BCUT2D eigenvalue weighted by atomic mass is 10.1. The number of halogens is 1. The highest BCUT2D eigenvalue weighted by atomic mass is 35.5. The van der Waals surface area contributed by atoms with Crippen LogP contribution in [-0.4, -0.2) is 36.1 Å². The Labute approximate surface area is 117 Å². The number of rotatable bonds is 5. The molecule has 0 bridgehead atoms. The van der Waals surface area contributed by atoms with Gasteiger partial charge in [-0.2, -0.15) is 0 Å². The second-order valence-corrected chi connectivity index (χ2v) is 4.63. The number of aliphatic hydroxyl groups excluding tert-OH is 1. The van der Waals surface area contributed by atoms with Gasteiger partial charge in [-0.1, -0.05) is 23.7 Å². The Morgan fingerprint density at radius 2 is 1.79 bits per heavy atom. The SMILES string of the molecule is C[C@@H](O)CNC(=O)C(=O)NCCc1ccc(Cl)cc1. The molecule has 0 fully saturated rings. The van der Waals surface area contributed by atoms with Gasteiger partial charge in [0.1, 0.15) is 0 Å². The van der Waals surface area contributed by atoms with E-state index in [2.05, 4.69) is 10.6 Å². The van der Waals surface area contributed by atoms with Gasteiger partial charge in [0, 0.05) is 18.1 Å². The van der Waals surface area contributed by atoms with Crippen molar-refractivity contribution < 1.29 is 14.7 Å². The minimum Gasteiger partial charge on any atom is -0.392 e. The average molecular weight is 285 g/mol. The van der Waals surface area contributed by atoms with Gasteiger partial charge in [-0.3, -0.25) is 9.59 Å². The summed E-state index contributed by atoms with van der Waals surface area (Å²) in [7, 11) is 0. The third kappa shape index (κ3) is 6.22. The Bertz CT molecular complexity index is 432. The van der Waals surface area contributed by atoms with E-state index in [1.54, 1.807) is 12.1 Å². The molecular weight excluding hydrogens is 268 g/mol. The fourth-order valence-electron chi connectivity index (χ4n) is 1.37. The molecule has 1 atom stereocenters. The molecule has 6 heteroatoms. The molecule has 0 saturated carbocycles. The van der Waals surface area contributed by atoms with Crippen LogP contribution in [0.25, 0.3) is 0 Å². The van der Waals surface area contributed by atoms with Gasteiger partial charge in [-0.15, -0.1) is 0 Å². The topological polar surface area (TPSA) is 78.4 Å². The van der Waals surface area contributed by atoms with E-state index in [9.17, 15) is 9.59 Å². The molecule has 0 heterocycles. The molecule has 104 valence electrons. The summed E-state index contributed by atoms with van der Waals surface area (Å²) in [4.78, 5) is 22.7. The molecule has 0 aliphatic rings. The largest absolute Gasteiger partial charge is 0.392 e. The van der Waals surface area contributed by atoms with Crippen LogP contribution in [0.1, 0.15) is 12.5 Å². The van der Waals surface area contributed by atoms with E-state index >= 15 is 0 Å². The summed E-state index contributed by atoms with van der Waals surface area (Å²) in [6, 6.07) is 7.27. The highest BCUT2D eigenvalue weighted by Gasteiger charge is 2.12. The predicted octanol–water partition coefficient (Wildman–Crippen LogP) is 0.496. The number of benzene rings is 1. The Kier molecular flexibility index (Phi) is 6.32. The van der Waals surface area contributed by atoms with Crippen molar-refractivity contribution in [3.63, 3.8) is 0 Å². The summed E-state index contributed by atoms with van der Waals surface area (Å²) in [6.45, 7) is 1.95. The molecule has 19 heavy (non-hydrogen) atoms. The zero-order valence-electron chi connectivity index (χ0n) is 10.6. The number of nitrogens with one attached hydrogen (secondary N) is 2. The fourth-order valence-corrected chi connectivity index (χ4v) is 1.50. The normalized spacial score (nSPS) is 11.7. The van der Waals surface area contributed by atoms with Crippen LogP contribution in [0.2, 0.25) is 5.02 Å². The van der Waals surface area contributed by atoms with Crippen molar-refractivity contribution in [1.82, 2.24) is 10.6 Å². The van der Waals surface area contributed by atoms with Crippen LogP contribution >= 0.6 is 11.6 Å². The molecule has 0 aliphatic carbocycles. The molecule has 0 aromatic heterocycles. The van der Waals surface area contributed by atoms with E-state index < -0.39 is 17.9 Å². The van der Waals surface area contributed by atoms with E-state index in [0.29, 0.717) is 18.0 Å². The van der Waals surface area contributed by atoms with Crippen molar-refractivity contribution in [1.29, 1.82) is 0 Å². The van der Waals surface area contributed by atoms with Crippen molar-refractivity contribution in [2.45, 2.75) is 19.4 Å². The Morgan fingerprint density at radius 1 is 1.21 bits per heavy atom. The minimum absolute atomic E-state index is 0.0590. The molecule has 1 aromatic carbocycles. The van der Waals surface area contributed by atoms with Gasteiger partial charge in [0.15, 0.2) is 0 Å². The second kappa shape index (κ2) is 7.76. The number of aliphatic hydroxyl groups is 1. The summed E-state index contributed by atoms with van der Waals surface area (Å²) >= 11 is 5.75. The van der Waals surface area contributed by atoms with Crippen molar-refractivity contribution in [2.75, 3.05) is 13.1 Å².